The van der Waals surface area contributed by atoms with Gasteiger partial charge in [-0.1, -0.05) is 78.1 Å². The number of aliphatic carboxylic acids is 1. The number of halogens is 2. The van der Waals surface area contributed by atoms with Crippen LogP contribution in [0.2, 0.25) is 0 Å². The van der Waals surface area contributed by atoms with Crippen LogP contribution in [-0.2, 0) is 4.79 Å². The van der Waals surface area contributed by atoms with Gasteiger partial charge >= 0.3 is 5.97 Å². The van der Waals surface area contributed by atoms with E-state index >= 15 is 0 Å². The number of unbranched alkanes of at least 4 members (excludes halogenated alkanes) is 8. The van der Waals surface area contributed by atoms with Crippen molar-refractivity contribution in [1.82, 2.24) is 0 Å². The van der Waals surface area contributed by atoms with Crippen molar-refractivity contribution in [2.24, 2.45) is 17.8 Å². The molecule has 0 saturated heterocycles. The average Bonchev–Trinajstić information content (AvgIpc) is 3.03. The fraction of sp³-hybridized carbons (Fsp3) is 0.947. The summed E-state index contributed by atoms with van der Waals surface area (Å²) in [4.78, 5) is 11.6. The second-order valence-corrected chi connectivity index (χ2v) is 8.60. The largest absolute Gasteiger partial charge is 0.481 e. The van der Waals surface area contributed by atoms with Crippen LogP contribution >= 0.6 is 23.2 Å². The van der Waals surface area contributed by atoms with Crippen molar-refractivity contribution in [3.63, 3.8) is 0 Å². The highest BCUT2D eigenvalue weighted by Crippen LogP contribution is 2.65. The van der Waals surface area contributed by atoms with Gasteiger partial charge in [0.15, 0.2) is 0 Å². The summed E-state index contributed by atoms with van der Waals surface area (Å²) in [6.07, 6.45) is 13.6. The molecule has 1 aliphatic rings. The standard InChI is InChI=1S/C19H34Cl2O2/c1-3-5-7-9-10-12-14-16-17(19(16,20)21)15(18(22)23)13-11-8-6-4-2/h15-17H,3-14H2,1-2H3,(H,22,23). The van der Waals surface area contributed by atoms with Gasteiger partial charge in [-0.05, 0) is 18.8 Å². The molecule has 1 N–H and O–H groups in total. The van der Waals surface area contributed by atoms with Crippen molar-refractivity contribution in [3.05, 3.63) is 0 Å². The van der Waals surface area contributed by atoms with Crippen LogP contribution in [0.3, 0.4) is 0 Å². The first-order valence-electron chi connectivity index (χ1n) is 9.57. The smallest absolute Gasteiger partial charge is 0.306 e. The first-order chi connectivity index (χ1) is 11.0. The van der Waals surface area contributed by atoms with E-state index in [2.05, 4.69) is 13.8 Å². The third-order valence-electron chi connectivity index (χ3n) is 5.25. The highest BCUT2D eigenvalue weighted by molar-refractivity contribution is 6.51. The summed E-state index contributed by atoms with van der Waals surface area (Å²) in [5.41, 5.74) is 0. The molecule has 1 rings (SSSR count). The van der Waals surface area contributed by atoms with Crippen molar-refractivity contribution in [3.8, 4) is 0 Å². The Labute approximate surface area is 152 Å². The third-order valence-corrected chi connectivity index (χ3v) is 6.32. The lowest BCUT2D eigenvalue weighted by Crippen LogP contribution is -2.19. The third kappa shape index (κ3) is 6.82. The zero-order valence-corrected chi connectivity index (χ0v) is 16.3. The van der Waals surface area contributed by atoms with Gasteiger partial charge in [0, 0.05) is 5.92 Å². The number of hydrogen-bond acceptors (Lipinski definition) is 1. The Balaban J connectivity index is 2.35. The molecule has 3 unspecified atom stereocenters. The van der Waals surface area contributed by atoms with Gasteiger partial charge in [0.2, 0.25) is 0 Å². The van der Waals surface area contributed by atoms with Gasteiger partial charge in [0.05, 0.1) is 5.92 Å². The molecule has 0 spiro atoms. The minimum Gasteiger partial charge on any atom is -0.481 e. The lowest BCUT2D eigenvalue weighted by molar-refractivity contribution is -0.143. The second kappa shape index (κ2) is 10.8. The minimum atomic E-state index is -0.808. The predicted octanol–water partition coefficient (Wildman–Crippen LogP) is 6.83. The van der Waals surface area contributed by atoms with Crippen LogP contribution in [0.4, 0.5) is 0 Å². The lowest BCUT2D eigenvalue weighted by Gasteiger charge is -2.12. The summed E-state index contributed by atoms with van der Waals surface area (Å²) in [6.45, 7) is 4.38. The Hall–Kier alpha value is 0.0500. The summed E-state index contributed by atoms with van der Waals surface area (Å²) in [6, 6.07) is 0. The molecular formula is C19H34Cl2O2. The average molecular weight is 365 g/mol. The summed E-state index contributed by atoms with van der Waals surface area (Å²) in [5, 5.41) is 9.54. The molecule has 136 valence electrons. The molecule has 0 aromatic carbocycles. The fourth-order valence-corrected chi connectivity index (χ4v) is 4.70. The van der Waals surface area contributed by atoms with E-state index in [0.717, 1.165) is 32.1 Å². The number of carbonyl (C=O) groups is 1. The Kier molecular flexibility index (Phi) is 9.92. The molecule has 0 heterocycles. The van der Waals surface area contributed by atoms with E-state index in [-0.39, 0.29) is 17.8 Å². The molecule has 2 nitrogen and oxygen atoms in total. The van der Waals surface area contributed by atoms with Crippen LogP contribution in [0.5, 0.6) is 0 Å². The van der Waals surface area contributed by atoms with Crippen molar-refractivity contribution >= 4 is 29.2 Å². The van der Waals surface area contributed by atoms with Gasteiger partial charge in [-0.2, -0.15) is 0 Å². The highest BCUT2D eigenvalue weighted by atomic mass is 35.5. The maximum Gasteiger partial charge on any atom is 0.306 e. The SMILES string of the molecule is CCCCCCCCC1C(C(CCCCCC)C(=O)O)C1(Cl)Cl. The number of carboxylic acid groups (broad SMARTS) is 1. The molecular weight excluding hydrogens is 331 g/mol. The van der Waals surface area contributed by atoms with Crippen LogP contribution < -0.4 is 0 Å². The number of rotatable bonds is 14. The summed E-state index contributed by atoms with van der Waals surface area (Å²) < 4.78 is -0.808. The van der Waals surface area contributed by atoms with Crippen LogP contribution in [-0.4, -0.2) is 15.4 Å². The molecule has 1 fully saturated rings. The molecule has 1 aliphatic carbocycles. The van der Waals surface area contributed by atoms with Crippen LogP contribution in [0.25, 0.3) is 0 Å². The monoisotopic (exact) mass is 364 g/mol. The van der Waals surface area contributed by atoms with Crippen molar-refractivity contribution < 1.29 is 9.90 Å². The van der Waals surface area contributed by atoms with E-state index in [0.29, 0.717) is 6.42 Å². The van der Waals surface area contributed by atoms with Crippen molar-refractivity contribution in [2.45, 2.75) is 95.2 Å². The summed E-state index contributed by atoms with van der Waals surface area (Å²) in [7, 11) is 0. The molecule has 0 aliphatic heterocycles. The molecule has 0 bridgehead atoms. The Morgan fingerprint density at radius 2 is 1.48 bits per heavy atom. The molecule has 0 amide bonds. The molecule has 0 radical (unpaired) electrons. The van der Waals surface area contributed by atoms with Gasteiger partial charge in [0.1, 0.15) is 4.33 Å². The zero-order chi connectivity index (χ0) is 17.3. The Morgan fingerprint density at radius 3 is 2.04 bits per heavy atom. The quantitative estimate of drug-likeness (QED) is 0.271. The van der Waals surface area contributed by atoms with Crippen LogP contribution in [0.1, 0.15) is 90.9 Å². The molecule has 4 heteroatoms. The number of carboxylic acids is 1. The Morgan fingerprint density at radius 1 is 0.957 bits per heavy atom. The van der Waals surface area contributed by atoms with E-state index in [9.17, 15) is 9.90 Å². The minimum absolute atomic E-state index is 0.0550. The highest BCUT2D eigenvalue weighted by Gasteiger charge is 2.66. The van der Waals surface area contributed by atoms with E-state index in [4.69, 9.17) is 23.2 Å². The van der Waals surface area contributed by atoms with E-state index in [1.807, 2.05) is 0 Å². The summed E-state index contributed by atoms with van der Waals surface area (Å²) in [5.74, 6) is -0.973. The van der Waals surface area contributed by atoms with Crippen molar-refractivity contribution in [1.29, 1.82) is 0 Å². The van der Waals surface area contributed by atoms with Crippen LogP contribution in [0.15, 0.2) is 0 Å². The maximum atomic E-state index is 11.6. The molecule has 3 atom stereocenters. The second-order valence-electron chi connectivity index (χ2n) is 7.16. The van der Waals surface area contributed by atoms with Gasteiger partial charge in [-0.3, -0.25) is 4.79 Å². The molecule has 0 aromatic heterocycles. The van der Waals surface area contributed by atoms with E-state index < -0.39 is 10.3 Å². The first kappa shape index (κ1) is 21.1. The Bertz CT molecular complexity index is 344. The molecule has 23 heavy (non-hydrogen) atoms. The topological polar surface area (TPSA) is 37.3 Å². The van der Waals surface area contributed by atoms with Gasteiger partial charge in [0.25, 0.3) is 0 Å². The molecule has 1 saturated carbocycles. The van der Waals surface area contributed by atoms with Crippen molar-refractivity contribution in [2.75, 3.05) is 0 Å². The molecule has 0 aromatic rings. The van der Waals surface area contributed by atoms with Gasteiger partial charge < -0.3 is 5.11 Å². The lowest BCUT2D eigenvalue weighted by atomic mass is 9.93. The summed E-state index contributed by atoms with van der Waals surface area (Å²) >= 11 is 12.8. The van der Waals surface area contributed by atoms with E-state index in [1.165, 1.54) is 38.5 Å². The zero-order valence-electron chi connectivity index (χ0n) is 14.8. The van der Waals surface area contributed by atoms with Crippen LogP contribution in [0, 0.1) is 17.8 Å². The normalized spacial score (nSPS) is 23.7. The predicted molar refractivity (Wildman–Crippen MR) is 99.3 cm³/mol. The first-order valence-corrected chi connectivity index (χ1v) is 10.3. The number of alkyl halides is 2. The fourth-order valence-electron chi connectivity index (χ4n) is 3.73. The number of hydrogen-bond donors (Lipinski definition) is 1. The van der Waals surface area contributed by atoms with E-state index in [1.54, 1.807) is 0 Å². The van der Waals surface area contributed by atoms with Gasteiger partial charge in [-0.25, -0.2) is 0 Å². The van der Waals surface area contributed by atoms with Gasteiger partial charge in [-0.15, -0.1) is 23.2 Å². The maximum absolute atomic E-state index is 11.6.